The highest BCUT2D eigenvalue weighted by Gasteiger charge is 2.28. The number of anilines is 1. The Morgan fingerprint density at radius 3 is 2.88 bits per heavy atom. The molecule has 2 N–H and O–H groups in total. The van der Waals surface area contributed by atoms with Crippen LogP contribution in [0, 0.1) is 5.92 Å². The second-order valence-corrected chi connectivity index (χ2v) is 4.46. The minimum Gasteiger partial charge on any atom is -0.355 e. The Morgan fingerprint density at radius 1 is 1.47 bits per heavy atom. The maximum Gasteiger partial charge on any atom is 0.229 e. The van der Waals surface area contributed by atoms with E-state index in [1.165, 1.54) is 12.4 Å². The molecule has 2 amide bonds. The lowest BCUT2D eigenvalue weighted by Crippen LogP contribution is -2.24. The molecule has 7 heteroatoms. The van der Waals surface area contributed by atoms with Crippen molar-refractivity contribution in [2.45, 2.75) is 6.42 Å². The van der Waals surface area contributed by atoms with E-state index in [-0.39, 0.29) is 34.2 Å². The molecule has 1 aromatic heterocycles. The highest BCUT2D eigenvalue weighted by atomic mass is 35.5. The van der Waals surface area contributed by atoms with Crippen LogP contribution in [0.15, 0.2) is 12.4 Å². The quantitative estimate of drug-likeness (QED) is 0.857. The number of halogens is 2. The number of pyridine rings is 1. The molecular weight excluding hydrogens is 265 g/mol. The van der Waals surface area contributed by atoms with Crippen LogP contribution in [0.25, 0.3) is 0 Å². The standard InChI is InChI=1S/C10H9Cl2N3O2/c11-6-3-13-4-7(9(6)12)15-10(17)5-1-8(16)14-2-5/h3-5H,1-2H2,(H,14,16)(H,15,17)/t5-/m0/s1. The van der Waals surface area contributed by atoms with Gasteiger partial charge >= 0.3 is 0 Å². The summed E-state index contributed by atoms with van der Waals surface area (Å²) in [5.41, 5.74) is 0.350. The third-order valence-corrected chi connectivity index (χ3v) is 3.23. The molecule has 1 fully saturated rings. The van der Waals surface area contributed by atoms with E-state index in [2.05, 4.69) is 15.6 Å². The van der Waals surface area contributed by atoms with Gasteiger partial charge in [-0.3, -0.25) is 14.6 Å². The Morgan fingerprint density at radius 2 is 2.24 bits per heavy atom. The topological polar surface area (TPSA) is 71.1 Å². The van der Waals surface area contributed by atoms with Gasteiger partial charge in [-0.05, 0) is 0 Å². The van der Waals surface area contributed by atoms with Gasteiger partial charge in [-0.15, -0.1) is 0 Å². The second kappa shape index (κ2) is 4.89. The van der Waals surface area contributed by atoms with Gasteiger partial charge in [-0.1, -0.05) is 23.2 Å². The number of hydrogen-bond acceptors (Lipinski definition) is 3. The molecule has 0 radical (unpaired) electrons. The van der Waals surface area contributed by atoms with Crippen molar-refractivity contribution in [3.8, 4) is 0 Å². The van der Waals surface area contributed by atoms with E-state index < -0.39 is 0 Å². The van der Waals surface area contributed by atoms with Crippen LogP contribution in [-0.2, 0) is 9.59 Å². The lowest BCUT2D eigenvalue weighted by molar-refractivity contribution is -0.123. The SMILES string of the molecule is O=C1C[C@H](C(=O)Nc2cncc(Cl)c2Cl)CN1. The van der Waals surface area contributed by atoms with Crippen molar-refractivity contribution < 1.29 is 9.59 Å². The molecule has 0 aliphatic carbocycles. The normalized spacial score (nSPS) is 18.9. The zero-order valence-electron chi connectivity index (χ0n) is 8.67. The average molecular weight is 274 g/mol. The summed E-state index contributed by atoms with van der Waals surface area (Å²) in [7, 11) is 0. The molecule has 5 nitrogen and oxygen atoms in total. The Labute approximate surface area is 107 Å². The summed E-state index contributed by atoms with van der Waals surface area (Å²) in [5, 5.41) is 5.70. The van der Waals surface area contributed by atoms with Gasteiger partial charge in [-0.25, -0.2) is 0 Å². The number of hydrogen-bond donors (Lipinski definition) is 2. The number of carbonyl (C=O) groups is 2. The van der Waals surface area contributed by atoms with Crippen LogP contribution in [0.3, 0.4) is 0 Å². The van der Waals surface area contributed by atoms with Crippen LogP contribution in [0.5, 0.6) is 0 Å². The molecule has 0 bridgehead atoms. The fourth-order valence-electron chi connectivity index (χ4n) is 1.53. The number of rotatable bonds is 2. The lowest BCUT2D eigenvalue weighted by atomic mass is 10.1. The molecule has 17 heavy (non-hydrogen) atoms. The van der Waals surface area contributed by atoms with Crippen molar-refractivity contribution in [1.82, 2.24) is 10.3 Å². The fraction of sp³-hybridized carbons (Fsp3) is 0.300. The predicted octanol–water partition coefficient (Wildman–Crippen LogP) is 1.46. The number of nitrogens with zero attached hydrogens (tertiary/aromatic N) is 1. The molecule has 0 unspecified atom stereocenters. The van der Waals surface area contributed by atoms with Gasteiger partial charge in [0, 0.05) is 19.2 Å². The van der Waals surface area contributed by atoms with Crippen molar-refractivity contribution in [1.29, 1.82) is 0 Å². The summed E-state index contributed by atoms with van der Waals surface area (Å²) in [6.45, 7) is 0.344. The molecule has 1 saturated heterocycles. The monoisotopic (exact) mass is 273 g/mol. The van der Waals surface area contributed by atoms with E-state index in [0.29, 0.717) is 12.2 Å². The van der Waals surface area contributed by atoms with Gasteiger partial charge in [0.15, 0.2) is 0 Å². The average Bonchev–Trinajstić information content (AvgIpc) is 2.72. The summed E-state index contributed by atoms with van der Waals surface area (Å²) < 4.78 is 0. The minimum absolute atomic E-state index is 0.125. The Hall–Kier alpha value is -1.33. The molecule has 0 aromatic carbocycles. The summed E-state index contributed by atoms with van der Waals surface area (Å²) in [6, 6.07) is 0. The van der Waals surface area contributed by atoms with Crippen molar-refractivity contribution in [2.75, 3.05) is 11.9 Å². The van der Waals surface area contributed by atoms with Crippen LogP contribution in [0.4, 0.5) is 5.69 Å². The van der Waals surface area contributed by atoms with Gasteiger partial charge in [0.25, 0.3) is 0 Å². The summed E-state index contributed by atoms with van der Waals surface area (Å²) >= 11 is 11.7. The highest BCUT2D eigenvalue weighted by molar-refractivity contribution is 6.43. The van der Waals surface area contributed by atoms with Crippen LogP contribution in [-0.4, -0.2) is 23.3 Å². The van der Waals surface area contributed by atoms with E-state index in [9.17, 15) is 9.59 Å². The Bertz CT molecular complexity index is 479. The second-order valence-electron chi connectivity index (χ2n) is 3.68. The third kappa shape index (κ3) is 2.68. The maximum absolute atomic E-state index is 11.8. The first-order valence-electron chi connectivity index (χ1n) is 4.94. The van der Waals surface area contributed by atoms with Crippen LogP contribution < -0.4 is 10.6 Å². The molecule has 2 heterocycles. The molecule has 2 rings (SSSR count). The first kappa shape index (κ1) is 12.1. The number of carbonyl (C=O) groups excluding carboxylic acids is 2. The lowest BCUT2D eigenvalue weighted by Gasteiger charge is -2.10. The van der Waals surface area contributed by atoms with E-state index in [1.807, 2.05) is 0 Å². The minimum atomic E-state index is -0.377. The van der Waals surface area contributed by atoms with Gasteiger partial charge < -0.3 is 10.6 Å². The molecule has 0 saturated carbocycles. The van der Waals surface area contributed by atoms with Crippen molar-refractivity contribution in [3.05, 3.63) is 22.4 Å². The first-order valence-corrected chi connectivity index (χ1v) is 5.70. The molecule has 1 aromatic rings. The molecule has 1 aliphatic heterocycles. The van der Waals surface area contributed by atoms with Crippen LogP contribution in [0.2, 0.25) is 10.0 Å². The summed E-state index contributed by atoms with van der Waals surface area (Å²) in [5.74, 6) is -0.771. The van der Waals surface area contributed by atoms with E-state index in [1.54, 1.807) is 0 Å². The smallest absolute Gasteiger partial charge is 0.229 e. The van der Waals surface area contributed by atoms with E-state index in [4.69, 9.17) is 23.2 Å². The number of nitrogens with one attached hydrogen (secondary N) is 2. The zero-order valence-corrected chi connectivity index (χ0v) is 10.2. The van der Waals surface area contributed by atoms with Crippen LogP contribution in [0.1, 0.15) is 6.42 Å². The highest BCUT2D eigenvalue weighted by Crippen LogP contribution is 2.28. The molecular formula is C10H9Cl2N3O2. The van der Waals surface area contributed by atoms with Gasteiger partial charge in [-0.2, -0.15) is 0 Å². The predicted molar refractivity (Wildman–Crippen MR) is 64.0 cm³/mol. The van der Waals surface area contributed by atoms with Crippen molar-refractivity contribution in [2.24, 2.45) is 5.92 Å². The largest absolute Gasteiger partial charge is 0.355 e. The van der Waals surface area contributed by atoms with Gasteiger partial charge in [0.1, 0.15) is 0 Å². The van der Waals surface area contributed by atoms with Crippen LogP contribution >= 0.6 is 23.2 Å². The van der Waals surface area contributed by atoms with Gasteiger partial charge in [0.2, 0.25) is 11.8 Å². The number of amides is 2. The first-order chi connectivity index (χ1) is 8.08. The molecule has 1 aliphatic rings. The molecule has 1 atom stereocenters. The number of aromatic nitrogens is 1. The molecule has 0 spiro atoms. The summed E-state index contributed by atoms with van der Waals surface area (Å²) in [4.78, 5) is 26.6. The molecule has 90 valence electrons. The Balaban J connectivity index is 2.08. The summed E-state index contributed by atoms with van der Waals surface area (Å²) in [6.07, 6.45) is 2.99. The van der Waals surface area contributed by atoms with Crippen molar-refractivity contribution in [3.63, 3.8) is 0 Å². The zero-order chi connectivity index (χ0) is 12.4. The van der Waals surface area contributed by atoms with E-state index in [0.717, 1.165) is 0 Å². The van der Waals surface area contributed by atoms with E-state index >= 15 is 0 Å². The maximum atomic E-state index is 11.8. The van der Waals surface area contributed by atoms with Gasteiger partial charge in [0.05, 0.1) is 27.8 Å². The fourth-order valence-corrected chi connectivity index (χ4v) is 1.83. The Kier molecular flexibility index (Phi) is 3.49. The third-order valence-electron chi connectivity index (χ3n) is 2.44. The van der Waals surface area contributed by atoms with Crippen molar-refractivity contribution >= 4 is 40.7 Å².